The number of ether oxygens (including phenoxy) is 1. The molecule has 0 bridgehead atoms. The van der Waals surface area contributed by atoms with Crippen LogP contribution in [0.5, 0.6) is 0 Å². The predicted octanol–water partition coefficient (Wildman–Crippen LogP) is 4.09. The van der Waals surface area contributed by atoms with Crippen molar-refractivity contribution in [2.24, 2.45) is 28.3 Å². The summed E-state index contributed by atoms with van der Waals surface area (Å²) >= 11 is 6.10. The number of oxime groups is 1. The molecule has 1 saturated heterocycles. The molecule has 3 fully saturated rings. The second kappa shape index (κ2) is 6.46. The Morgan fingerprint density at radius 3 is 2.71 bits per heavy atom. The topological polar surface area (TPSA) is 51.1 Å². The maximum atomic E-state index is 12.7. The van der Waals surface area contributed by atoms with Gasteiger partial charge in [-0.2, -0.15) is 0 Å². The van der Waals surface area contributed by atoms with Crippen molar-refractivity contribution in [3.63, 3.8) is 0 Å². The van der Waals surface area contributed by atoms with Crippen molar-refractivity contribution in [3.8, 4) is 0 Å². The third-order valence-electron chi connectivity index (χ3n) is 7.44. The van der Waals surface area contributed by atoms with Crippen LogP contribution < -0.4 is 0 Å². The molecule has 0 amide bonds. The molecular formula is C22H27ClN2O3. The van der Waals surface area contributed by atoms with Crippen molar-refractivity contribution >= 4 is 23.3 Å². The van der Waals surface area contributed by atoms with Gasteiger partial charge in [-0.1, -0.05) is 28.9 Å². The van der Waals surface area contributed by atoms with E-state index in [0.29, 0.717) is 17.5 Å². The van der Waals surface area contributed by atoms with Gasteiger partial charge in [0.05, 0.1) is 23.7 Å². The standard InChI is InChI=1S/C22H27ClN2O3/c1-3-27-20(26)17-16-10-11-21(2)19(14-6-8-15(23)9-7-14)24-28-22(21,18(16)17)25-12-4-5-13-25/h6-9,16-18H,3-5,10-13H2,1-2H3. The van der Waals surface area contributed by atoms with E-state index in [9.17, 15) is 4.79 Å². The maximum Gasteiger partial charge on any atom is 0.309 e. The molecule has 28 heavy (non-hydrogen) atoms. The van der Waals surface area contributed by atoms with Gasteiger partial charge in [0.2, 0.25) is 5.72 Å². The Labute approximate surface area is 171 Å². The number of carbonyl (C=O) groups excluding carboxylic acids is 1. The van der Waals surface area contributed by atoms with Crippen LogP contribution in [0.25, 0.3) is 0 Å². The summed E-state index contributed by atoms with van der Waals surface area (Å²) in [6.07, 6.45) is 4.30. The van der Waals surface area contributed by atoms with Gasteiger partial charge < -0.3 is 9.57 Å². The molecule has 0 spiro atoms. The number of hydrogen-bond acceptors (Lipinski definition) is 5. The number of esters is 1. The Balaban J connectivity index is 1.55. The van der Waals surface area contributed by atoms with Crippen LogP contribution in [-0.4, -0.2) is 42.0 Å². The summed E-state index contributed by atoms with van der Waals surface area (Å²) in [4.78, 5) is 21.5. The molecule has 5 rings (SSSR count). The molecule has 2 heterocycles. The highest BCUT2D eigenvalue weighted by molar-refractivity contribution is 6.30. The van der Waals surface area contributed by atoms with E-state index in [1.165, 1.54) is 12.8 Å². The zero-order chi connectivity index (χ0) is 19.5. The Bertz CT molecular complexity index is 820. The van der Waals surface area contributed by atoms with Crippen LogP contribution in [0.4, 0.5) is 0 Å². The molecular weight excluding hydrogens is 376 g/mol. The number of nitrogens with zero attached hydrogens (tertiary/aromatic N) is 2. The minimum Gasteiger partial charge on any atom is -0.466 e. The number of carbonyl (C=O) groups is 1. The van der Waals surface area contributed by atoms with Gasteiger partial charge in [-0.25, -0.2) is 0 Å². The summed E-state index contributed by atoms with van der Waals surface area (Å²) in [6, 6.07) is 7.86. The molecule has 1 aromatic carbocycles. The molecule has 2 aliphatic heterocycles. The number of likely N-dealkylation sites (tertiary alicyclic amines) is 1. The predicted molar refractivity (Wildman–Crippen MR) is 107 cm³/mol. The van der Waals surface area contributed by atoms with Crippen molar-refractivity contribution < 1.29 is 14.4 Å². The fourth-order valence-electron chi connectivity index (χ4n) is 6.14. The first kappa shape index (κ1) is 18.4. The van der Waals surface area contributed by atoms with Crippen LogP contribution in [0, 0.1) is 23.2 Å². The van der Waals surface area contributed by atoms with Gasteiger partial charge in [-0.05, 0) is 57.6 Å². The lowest BCUT2D eigenvalue weighted by Crippen LogP contribution is -2.63. The van der Waals surface area contributed by atoms with Gasteiger partial charge in [0.1, 0.15) is 0 Å². The zero-order valence-electron chi connectivity index (χ0n) is 16.5. The SMILES string of the molecule is CCOC(=O)C1C2CCC3(C)C(c4ccc(Cl)cc4)=NOC3(N3CCCC3)C21. The number of fused-ring (bicyclic) bond motifs is 3. The Morgan fingerprint density at radius 2 is 2.04 bits per heavy atom. The van der Waals surface area contributed by atoms with Crippen LogP contribution in [0.3, 0.4) is 0 Å². The van der Waals surface area contributed by atoms with E-state index in [-0.39, 0.29) is 23.2 Å². The molecule has 2 saturated carbocycles. The molecule has 0 N–H and O–H groups in total. The molecule has 0 aromatic heterocycles. The lowest BCUT2D eigenvalue weighted by molar-refractivity contribution is -0.210. The average Bonchev–Trinajstić information content (AvgIpc) is 3.02. The normalized spacial score (nSPS) is 39.0. The number of hydrogen-bond donors (Lipinski definition) is 0. The average molecular weight is 403 g/mol. The third kappa shape index (κ3) is 2.35. The quantitative estimate of drug-likeness (QED) is 0.712. The van der Waals surface area contributed by atoms with E-state index in [2.05, 4.69) is 17.0 Å². The fourth-order valence-corrected chi connectivity index (χ4v) is 6.27. The van der Waals surface area contributed by atoms with Gasteiger partial charge in [0.25, 0.3) is 0 Å². The first-order chi connectivity index (χ1) is 13.5. The van der Waals surface area contributed by atoms with E-state index in [1.54, 1.807) is 0 Å². The third-order valence-corrected chi connectivity index (χ3v) is 7.69. The molecule has 5 nitrogen and oxygen atoms in total. The maximum absolute atomic E-state index is 12.7. The van der Waals surface area contributed by atoms with E-state index in [4.69, 9.17) is 21.2 Å². The highest BCUT2D eigenvalue weighted by atomic mass is 35.5. The lowest BCUT2D eigenvalue weighted by Gasteiger charge is -2.50. The number of rotatable bonds is 4. The van der Waals surface area contributed by atoms with E-state index in [1.807, 2.05) is 31.2 Å². The second-order valence-corrected chi connectivity index (χ2v) is 9.20. The molecule has 1 aromatic rings. The minimum atomic E-state index is -0.543. The first-order valence-corrected chi connectivity index (χ1v) is 10.8. The summed E-state index contributed by atoms with van der Waals surface area (Å²) < 4.78 is 5.41. The summed E-state index contributed by atoms with van der Waals surface area (Å²) in [5, 5.41) is 5.38. The minimum absolute atomic E-state index is 0.0659. The Hall–Kier alpha value is -1.59. The van der Waals surface area contributed by atoms with Crippen LogP contribution in [0.2, 0.25) is 5.02 Å². The zero-order valence-corrected chi connectivity index (χ0v) is 17.2. The van der Waals surface area contributed by atoms with Crippen molar-refractivity contribution in [2.75, 3.05) is 19.7 Å². The largest absolute Gasteiger partial charge is 0.466 e. The monoisotopic (exact) mass is 402 g/mol. The lowest BCUT2D eigenvalue weighted by atomic mass is 9.64. The molecule has 2 aliphatic carbocycles. The summed E-state index contributed by atoms with van der Waals surface area (Å²) in [6.45, 7) is 6.58. The van der Waals surface area contributed by atoms with Crippen LogP contribution in [0.1, 0.15) is 45.1 Å². The van der Waals surface area contributed by atoms with Gasteiger partial charge in [0, 0.05) is 29.6 Å². The van der Waals surface area contributed by atoms with Gasteiger partial charge in [0.15, 0.2) is 0 Å². The Morgan fingerprint density at radius 1 is 1.32 bits per heavy atom. The van der Waals surface area contributed by atoms with E-state index >= 15 is 0 Å². The van der Waals surface area contributed by atoms with Crippen LogP contribution >= 0.6 is 11.6 Å². The highest BCUT2D eigenvalue weighted by Gasteiger charge is 2.79. The van der Waals surface area contributed by atoms with Gasteiger partial charge in [-0.3, -0.25) is 9.69 Å². The summed E-state index contributed by atoms with van der Waals surface area (Å²) in [7, 11) is 0. The molecule has 5 unspecified atom stereocenters. The second-order valence-electron chi connectivity index (χ2n) is 8.77. The number of benzene rings is 1. The molecule has 5 atom stereocenters. The van der Waals surface area contributed by atoms with Crippen molar-refractivity contribution in [1.29, 1.82) is 0 Å². The first-order valence-electron chi connectivity index (χ1n) is 10.5. The smallest absolute Gasteiger partial charge is 0.309 e. The molecule has 4 aliphatic rings. The Kier molecular flexibility index (Phi) is 4.25. The van der Waals surface area contributed by atoms with Gasteiger partial charge in [-0.15, -0.1) is 0 Å². The van der Waals surface area contributed by atoms with Crippen molar-refractivity contribution in [2.45, 2.75) is 45.3 Å². The van der Waals surface area contributed by atoms with Crippen molar-refractivity contribution in [1.82, 2.24) is 4.90 Å². The molecule has 150 valence electrons. The fraction of sp³-hybridized carbons (Fsp3) is 0.636. The molecule has 6 heteroatoms. The number of halogens is 1. The van der Waals surface area contributed by atoms with E-state index in [0.717, 1.165) is 37.2 Å². The summed E-state index contributed by atoms with van der Waals surface area (Å²) in [5.41, 5.74) is 1.25. The highest BCUT2D eigenvalue weighted by Crippen LogP contribution is 2.70. The van der Waals surface area contributed by atoms with Crippen molar-refractivity contribution in [3.05, 3.63) is 34.9 Å². The molecule has 0 radical (unpaired) electrons. The van der Waals surface area contributed by atoms with Crippen LogP contribution in [-0.2, 0) is 14.4 Å². The van der Waals surface area contributed by atoms with Crippen LogP contribution in [0.15, 0.2) is 29.4 Å². The van der Waals surface area contributed by atoms with E-state index < -0.39 is 5.72 Å². The van der Waals surface area contributed by atoms with Gasteiger partial charge >= 0.3 is 5.97 Å². The summed E-state index contributed by atoms with van der Waals surface area (Å²) in [5.74, 6) is 0.357.